The fourth-order valence-electron chi connectivity index (χ4n) is 6.40. The summed E-state index contributed by atoms with van der Waals surface area (Å²) in [6.07, 6.45) is 8.15. The van der Waals surface area contributed by atoms with Crippen LogP contribution in [0.15, 0.2) is 36.4 Å². The molecule has 2 unspecified atom stereocenters. The van der Waals surface area contributed by atoms with E-state index >= 15 is 0 Å². The Kier molecular flexibility index (Phi) is 2.02. The molecule has 24 heavy (non-hydrogen) atoms. The molecule has 0 fully saturated rings. The molecular formula is C24H20. The zero-order chi connectivity index (χ0) is 15.4. The summed E-state index contributed by atoms with van der Waals surface area (Å²) < 4.78 is 0. The van der Waals surface area contributed by atoms with Crippen LogP contribution in [0.3, 0.4) is 0 Å². The molecule has 0 saturated carbocycles. The lowest BCUT2D eigenvalue weighted by atomic mass is 9.64. The van der Waals surface area contributed by atoms with Gasteiger partial charge in [0.05, 0.1) is 0 Å². The van der Waals surface area contributed by atoms with Crippen LogP contribution < -0.4 is 0 Å². The van der Waals surface area contributed by atoms with E-state index in [1.807, 2.05) is 0 Å². The third-order valence-corrected chi connectivity index (χ3v) is 7.37. The molecule has 0 spiro atoms. The van der Waals surface area contributed by atoms with E-state index in [0.717, 1.165) is 11.8 Å². The minimum Gasteiger partial charge on any atom is -0.0578 e. The summed E-state index contributed by atoms with van der Waals surface area (Å²) in [6.45, 7) is 0. The molecule has 0 heterocycles. The molecule has 116 valence electrons. The maximum absolute atomic E-state index is 2.43. The molecule has 0 amide bonds. The lowest BCUT2D eigenvalue weighted by molar-refractivity contribution is 0.442. The van der Waals surface area contributed by atoms with Crippen molar-refractivity contribution in [1.29, 1.82) is 0 Å². The molecule has 0 aromatic heterocycles. The summed E-state index contributed by atoms with van der Waals surface area (Å²) in [5.74, 6) is 1.65. The first kappa shape index (κ1) is 12.3. The monoisotopic (exact) mass is 308 g/mol. The molecule has 0 saturated heterocycles. The topological polar surface area (TPSA) is 0 Å². The Bertz CT molecular complexity index is 1070. The van der Waals surface area contributed by atoms with Gasteiger partial charge in [0.15, 0.2) is 0 Å². The van der Waals surface area contributed by atoms with Gasteiger partial charge in [-0.25, -0.2) is 0 Å². The highest BCUT2D eigenvalue weighted by molar-refractivity contribution is 6.26. The Morgan fingerprint density at radius 2 is 0.958 bits per heavy atom. The molecule has 7 rings (SSSR count). The third-order valence-electron chi connectivity index (χ3n) is 7.37. The Morgan fingerprint density at radius 1 is 0.500 bits per heavy atom. The van der Waals surface area contributed by atoms with E-state index in [-0.39, 0.29) is 0 Å². The molecule has 0 bridgehead atoms. The maximum atomic E-state index is 2.43. The quantitative estimate of drug-likeness (QED) is 0.328. The maximum Gasteiger partial charge on any atom is -0.00208 e. The van der Waals surface area contributed by atoms with Crippen molar-refractivity contribution in [3.63, 3.8) is 0 Å². The first-order valence-electron chi connectivity index (χ1n) is 9.65. The summed E-state index contributed by atoms with van der Waals surface area (Å²) in [5, 5.41) is 9.42. The van der Waals surface area contributed by atoms with Crippen molar-refractivity contribution < 1.29 is 0 Å². The van der Waals surface area contributed by atoms with Crippen molar-refractivity contribution in [2.24, 2.45) is 0 Å². The van der Waals surface area contributed by atoms with Crippen molar-refractivity contribution in [2.45, 2.75) is 50.4 Å². The third kappa shape index (κ3) is 1.24. The minimum atomic E-state index is 0.823. The number of hydrogen-bond acceptors (Lipinski definition) is 0. The van der Waals surface area contributed by atoms with Gasteiger partial charge in [-0.05, 0) is 105 Å². The van der Waals surface area contributed by atoms with Crippen LogP contribution in [0.25, 0.3) is 32.3 Å². The van der Waals surface area contributed by atoms with Crippen LogP contribution >= 0.6 is 0 Å². The van der Waals surface area contributed by atoms with E-state index in [0.29, 0.717) is 0 Å². The zero-order valence-electron chi connectivity index (χ0n) is 13.9. The van der Waals surface area contributed by atoms with Crippen LogP contribution in [0.1, 0.15) is 59.8 Å². The Labute approximate surface area is 141 Å². The molecule has 4 aromatic rings. The van der Waals surface area contributed by atoms with Gasteiger partial charge < -0.3 is 0 Å². The molecule has 4 aromatic carbocycles. The second-order valence-corrected chi connectivity index (χ2v) is 8.34. The molecule has 2 atom stereocenters. The number of hydrogen-bond donors (Lipinski definition) is 0. The summed E-state index contributed by atoms with van der Waals surface area (Å²) in [6, 6.07) is 14.3. The predicted molar refractivity (Wildman–Crippen MR) is 102 cm³/mol. The highest BCUT2D eigenvalue weighted by atomic mass is 14.4. The summed E-state index contributed by atoms with van der Waals surface area (Å²) in [4.78, 5) is 0. The Hall–Kier alpha value is -2.08. The van der Waals surface area contributed by atoms with Crippen molar-refractivity contribution >= 4 is 32.3 Å². The van der Waals surface area contributed by atoms with Gasteiger partial charge in [0.25, 0.3) is 0 Å². The van der Waals surface area contributed by atoms with Crippen LogP contribution in [0.5, 0.6) is 0 Å². The lowest BCUT2D eigenvalue weighted by Gasteiger charge is -2.40. The molecule has 0 radical (unpaired) electrons. The summed E-state index contributed by atoms with van der Waals surface area (Å²) in [5.41, 5.74) is 6.81. The second-order valence-electron chi connectivity index (χ2n) is 8.34. The van der Waals surface area contributed by atoms with E-state index in [2.05, 4.69) is 36.4 Å². The van der Waals surface area contributed by atoms with Gasteiger partial charge in [0, 0.05) is 0 Å². The zero-order valence-corrected chi connectivity index (χ0v) is 13.9. The van der Waals surface area contributed by atoms with Gasteiger partial charge in [0.1, 0.15) is 0 Å². The van der Waals surface area contributed by atoms with Crippen molar-refractivity contribution in [2.75, 3.05) is 0 Å². The van der Waals surface area contributed by atoms with E-state index in [4.69, 9.17) is 0 Å². The molecular weight excluding hydrogens is 288 g/mol. The molecule has 3 aliphatic rings. The highest BCUT2D eigenvalue weighted by Gasteiger charge is 2.36. The number of benzene rings is 4. The van der Waals surface area contributed by atoms with Crippen LogP contribution in [0, 0.1) is 0 Å². The normalized spacial score (nSPS) is 24.5. The summed E-state index contributed by atoms with van der Waals surface area (Å²) in [7, 11) is 0. The molecule has 0 nitrogen and oxygen atoms in total. The van der Waals surface area contributed by atoms with Gasteiger partial charge in [-0.2, -0.15) is 0 Å². The lowest BCUT2D eigenvalue weighted by Crippen LogP contribution is -2.22. The smallest absolute Gasteiger partial charge is 0.00208 e. The van der Waals surface area contributed by atoms with Gasteiger partial charge in [0.2, 0.25) is 0 Å². The molecule has 0 aliphatic heterocycles. The number of rotatable bonds is 0. The van der Waals surface area contributed by atoms with Crippen molar-refractivity contribution in [3.8, 4) is 0 Å². The predicted octanol–water partition coefficient (Wildman–Crippen LogP) is 6.44. The van der Waals surface area contributed by atoms with Gasteiger partial charge in [-0.1, -0.05) is 36.4 Å². The average Bonchev–Trinajstić information content (AvgIpc) is 2.65. The van der Waals surface area contributed by atoms with Crippen molar-refractivity contribution in [3.05, 3.63) is 58.7 Å². The van der Waals surface area contributed by atoms with E-state index in [1.54, 1.807) is 43.8 Å². The first-order valence-corrected chi connectivity index (χ1v) is 9.65. The van der Waals surface area contributed by atoms with Crippen molar-refractivity contribution in [1.82, 2.24) is 0 Å². The first-order chi connectivity index (χ1) is 11.9. The van der Waals surface area contributed by atoms with Crippen LogP contribution in [-0.4, -0.2) is 0 Å². The highest BCUT2D eigenvalue weighted by Crippen LogP contribution is 2.56. The summed E-state index contributed by atoms with van der Waals surface area (Å²) >= 11 is 0. The minimum absolute atomic E-state index is 0.823. The van der Waals surface area contributed by atoms with E-state index in [9.17, 15) is 0 Å². The largest absolute Gasteiger partial charge is 0.0578 e. The van der Waals surface area contributed by atoms with Gasteiger partial charge in [-0.15, -0.1) is 0 Å². The standard InChI is InChI=1S/C24H20/c1-2-14-5-6-16-9-11-18-12-10-17-8-7-15-4-3-13(1)19-20(14)22(16)24(18)23(17)21(15)19/h1-6,17-18H,7-12H2. The molecule has 3 aliphatic carbocycles. The Balaban J connectivity index is 1.90. The average molecular weight is 308 g/mol. The molecule has 0 heteroatoms. The van der Waals surface area contributed by atoms with Crippen LogP contribution in [0.4, 0.5) is 0 Å². The second kappa shape index (κ2) is 3.94. The SMILES string of the molecule is c1cc2ccc3ccc4c5c6c7c(c1CCC7CCC6CC4)c2c35. The van der Waals surface area contributed by atoms with Gasteiger partial charge >= 0.3 is 0 Å². The Morgan fingerprint density at radius 3 is 1.46 bits per heavy atom. The van der Waals surface area contributed by atoms with Crippen LogP contribution in [0.2, 0.25) is 0 Å². The van der Waals surface area contributed by atoms with Gasteiger partial charge in [-0.3, -0.25) is 0 Å². The number of aryl methyl sites for hydroxylation is 2. The van der Waals surface area contributed by atoms with E-state index in [1.165, 1.54) is 49.3 Å². The fraction of sp³-hybridized carbons (Fsp3) is 0.333. The van der Waals surface area contributed by atoms with Crippen LogP contribution in [-0.2, 0) is 12.8 Å². The van der Waals surface area contributed by atoms with E-state index < -0.39 is 0 Å². The molecule has 0 N–H and O–H groups in total. The fourth-order valence-corrected chi connectivity index (χ4v) is 6.40.